The Hall–Kier alpha value is -3.20. The zero-order valence-corrected chi connectivity index (χ0v) is 19.3. The van der Waals surface area contributed by atoms with Gasteiger partial charge in [-0.3, -0.25) is 14.4 Å². The fourth-order valence-corrected chi connectivity index (χ4v) is 5.89. The maximum absolute atomic E-state index is 13.5. The number of rotatable bonds is 5. The molecule has 2 aromatic carbocycles. The van der Waals surface area contributed by atoms with Crippen LogP contribution in [0.15, 0.2) is 36.4 Å². The highest BCUT2D eigenvalue weighted by molar-refractivity contribution is 8.01. The summed E-state index contributed by atoms with van der Waals surface area (Å²) >= 11 is 1.57. The number of benzene rings is 2. The molecular weight excluding hydrogens is 430 g/mol. The number of ether oxygens (including phenoxy) is 2. The molecule has 32 heavy (non-hydrogen) atoms. The van der Waals surface area contributed by atoms with Crippen molar-refractivity contribution in [1.82, 2.24) is 4.90 Å². The van der Waals surface area contributed by atoms with Crippen molar-refractivity contribution in [3.05, 3.63) is 47.5 Å². The smallest absolute Gasteiger partial charge is 0.260 e. The van der Waals surface area contributed by atoms with Gasteiger partial charge in [0.05, 0.1) is 19.8 Å². The molecule has 2 aromatic rings. The zero-order chi connectivity index (χ0) is 23.2. The fraction of sp³-hybridized carbons (Fsp3) is 0.348. The first-order chi connectivity index (χ1) is 15.2. The molecule has 168 valence electrons. The Morgan fingerprint density at radius 2 is 1.62 bits per heavy atom. The minimum atomic E-state index is -0.692. The Bertz CT molecular complexity index is 1100. The van der Waals surface area contributed by atoms with Gasteiger partial charge in [-0.25, -0.2) is 0 Å². The van der Waals surface area contributed by atoms with Crippen molar-refractivity contribution in [3.8, 4) is 11.5 Å². The number of hydrogen-bond donors (Lipinski definition) is 2. The van der Waals surface area contributed by atoms with Crippen LogP contribution in [-0.4, -0.2) is 47.6 Å². The second-order valence-corrected chi connectivity index (χ2v) is 9.94. The van der Waals surface area contributed by atoms with E-state index in [1.54, 1.807) is 47.0 Å². The van der Waals surface area contributed by atoms with Gasteiger partial charge in [0.15, 0.2) is 11.5 Å². The van der Waals surface area contributed by atoms with Gasteiger partial charge in [-0.1, -0.05) is 6.07 Å². The lowest BCUT2D eigenvalue weighted by Gasteiger charge is -2.29. The summed E-state index contributed by atoms with van der Waals surface area (Å²) in [6.45, 7) is 5.36. The Balaban J connectivity index is 1.63. The van der Waals surface area contributed by atoms with Crippen molar-refractivity contribution in [3.63, 3.8) is 0 Å². The Morgan fingerprint density at radius 1 is 1.00 bits per heavy atom. The molecule has 2 atom stereocenters. The van der Waals surface area contributed by atoms with E-state index in [0.29, 0.717) is 28.4 Å². The average molecular weight is 456 g/mol. The molecule has 0 saturated carbocycles. The average Bonchev–Trinajstić information content (AvgIpc) is 3.17. The van der Waals surface area contributed by atoms with Gasteiger partial charge in [0.25, 0.3) is 5.91 Å². The molecule has 0 spiro atoms. The highest BCUT2D eigenvalue weighted by Crippen LogP contribution is 2.58. The summed E-state index contributed by atoms with van der Waals surface area (Å²) in [5, 5.41) is 5.32. The molecule has 2 heterocycles. The van der Waals surface area contributed by atoms with Gasteiger partial charge in [-0.05, 0) is 44.2 Å². The number of nitrogens with zero attached hydrogens (tertiary/aromatic N) is 1. The van der Waals surface area contributed by atoms with Crippen LogP contribution in [0.4, 0.5) is 11.4 Å². The first kappa shape index (κ1) is 22.0. The van der Waals surface area contributed by atoms with E-state index in [0.717, 1.165) is 5.56 Å². The zero-order valence-electron chi connectivity index (χ0n) is 18.5. The summed E-state index contributed by atoms with van der Waals surface area (Å²) in [5.74, 6) is 0.168. The highest BCUT2D eigenvalue weighted by Gasteiger charge is 2.58. The van der Waals surface area contributed by atoms with Crippen LogP contribution in [0.1, 0.15) is 42.1 Å². The molecule has 9 heteroatoms. The van der Waals surface area contributed by atoms with E-state index < -0.39 is 10.8 Å². The molecule has 2 aliphatic heterocycles. The van der Waals surface area contributed by atoms with Crippen LogP contribution in [0.5, 0.6) is 11.5 Å². The van der Waals surface area contributed by atoms with Gasteiger partial charge >= 0.3 is 0 Å². The van der Waals surface area contributed by atoms with Crippen LogP contribution in [0.3, 0.4) is 0 Å². The molecule has 2 aliphatic rings. The van der Waals surface area contributed by atoms with Crippen molar-refractivity contribution >= 4 is 40.9 Å². The predicted octanol–water partition coefficient (Wildman–Crippen LogP) is 3.65. The second kappa shape index (κ2) is 8.05. The van der Waals surface area contributed by atoms with Crippen molar-refractivity contribution in [2.45, 2.75) is 36.9 Å². The summed E-state index contributed by atoms with van der Waals surface area (Å²) < 4.78 is 10.3. The van der Waals surface area contributed by atoms with Gasteiger partial charge in [0, 0.05) is 28.6 Å². The predicted molar refractivity (Wildman–Crippen MR) is 123 cm³/mol. The first-order valence-corrected chi connectivity index (χ1v) is 11.0. The lowest BCUT2D eigenvalue weighted by atomic mass is 10.0. The Morgan fingerprint density at radius 3 is 2.19 bits per heavy atom. The lowest BCUT2D eigenvalue weighted by Crippen LogP contribution is -2.50. The number of hydrogen-bond acceptors (Lipinski definition) is 6. The van der Waals surface area contributed by atoms with E-state index in [-0.39, 0.29) is 23.1 Å². The molecule has 0 radical (unpaired) electrons. The minimum Gasteiger partial charge on any atom is -0.493 e. The molecular formula is C23H25N3O5S. The van der Waals surface area contributed by atoms with Crippen molar-refractivity contribution in [1.29, 1.82) is 0 Å². The highest BCUT2D eigenvalue weighted by atomic mass is 32.2. The number of fused-ring (bicyclic) bond motifs is 3. The minimum absolute atomic E-state index is 0.170. The third-order valence-electron chi connectivity index (χ3n) is 5.62. The Labute approximate surface area is 190 Å². The number of methoxy groups -OCH3 is 2. The molecule has 3 amide bonds. The quantitative estimate of drug-likeness (QED) is 0.714. The van der Waals surface area contributed by atoms with Gasteiger partial charge in [0.1, 0.15) is 11.4 Å². The van der Waals surface area contributed by atoms with Crippen LogP contribution in [0.2, 0.25) is 0 Å². The van der Waals surface area contributed by atoms with Crippen LogP contribution in [0, 0.1) is 0 Å². The standard InChI is InChI=1S/C23H25N3O5S/c1-12(27)24-13-6-8-14(9-7-13)25-20(28)19-23(2,3)32-22-15-10-11-16(30-4)18(31-5)17(15)21(29)26(19)22/h6-11,19,22H,1-5H3,(H,24,27)(H,25,28). The monoisotopic (exact) mass is 455 g/mol. The molecule has 0 bridgehead atoms. The number of amides is 3. The molecule has 2 N–H and O–H groups in total. The van der Waals surface area contributed by atoms with E-state index >= 15 is 0 Å². The van der Waals surface area contributed by atoms with E-state index in [1.807, 2.05) is 19.9 Å². The van der Waals surface area contributed by atoms with Crippen molar-refractivity contribution in [2.75, 3.05) is 24.9 Å². The molecule has 8 nitrogen and oxygen atoms in total. The molecule has 0 aliphatic carbocycles. The fourth-order valence-electron chi connectivity index (χ4n) is 4.31. The molecule has 1 saturated heterocycles. The maximum atomic E-state index is 13.5. The number of carbonyl (C=O) groups excluding carboxylic acids is 3. The molecule has 0 aromatic heterocycles. The lowest BCUT2D eigenvalue weighted by molar-refractivity contribution is -0.121. The van der Waals surface area contributed by atoms with Crippen molar-refractivity contribution in [2.24, 2.45) is 0 Å². The van der Waals surface area contributed by atoms with Gasteiger partial charge in [-0.2, -0.15) is 0 Å². The summed E-state index contributed by atoms with van der Waals surface area (Å²) in [6, 6.07) is 9.80. The largest absolute Gasteiger partial charge is 0.493 e. The van der Waals surface area contributed by atoms with Crippen LogP contribution in [0.25, 0.3) is 0 Å². The summed E-state index contributed by atoms with van der Waals surface area (Å²) in [6.07, 6.45) is 0. The van der Waals surface area contributed by atoms with Crippen LogP contribution >= 0.6 is 11.8 Å². The number of nitrogens with one attached hydrogen (secondary N) is 2. The molecule has 2 unspecified atom stereocenters. The summed E-state index contributed by atoms with van der Waals surface area (Å²) in [5.41, 5.74) is 2.48. The number of thioether (sulfide) groups is 1. The van der Waals surface area contributed by atoms with Gasteiger partial charge in [-0.15, -0.1) is 11.8 Å². The third kappa shape index (κ3) is 3.56. The van der Waals surface area contributed by atoms with Crippen LogP contribution < -0.4 is 20.1 Å². The van der Waals surface area contributed by atoms with E-state index in [4.69, 9.17) is 9.47 Å². The van der Waals surface area contributed by atoms with Crippen molar-refractivity contribution < 1.29 is 23.9 Å². The Kier molecular flexibility index (Phi) is 5.54. The normalized spacial score (nSPS) is 20.4. The molecule has 4 rings (SSSR count). The summed E-state index contributed by atoms with van der Waals surface area (Å²) in [7, 11) is 3.02. The van der Waals surface area contributed by atoms with Crippen LogP contribution in [-0.2, 0) is 9.59 Å². The van der Waals surface area contributed by atoms with Gasteiger partial charge in [0.2, 0.25) is 11.8 Å². The SMILES string of the molecule is COc1ccc2c(c1OC)C(=O)N1C2SC(C)(C)C1C(=O)Nc1ccc(NC(C)=O)cc1. The third-order valence-corrected chi connectivity index (χ3v) is 7.15. The summed E-state index contributed by atoms with van der Waals surface area (Å²) in [4.78, 5) is 39.7. The van der Waals surface area contributed by atoms with E-state index in [2.05, 4.69) is 10.6 Å². The first-order valence-electron chi connectivity index (χ1n) is 10.1. The maximum Gasteiger partial charge on any atom is 0.260 e. The number of carbonyl (C=O) groups is 3. The second-order valence-electron chi connectivity index (χ2n) is 8.20. The number of anilines is 2. The van der Waals surface area contributed by atoms with Gasteiger partial charge < -0.3 is 25.0 Å². The topological polar surface area (TPSA) is 97.0 Å². The molecule has 1 fully saturated rings. The van der Waals surface area contributed by atoms with E-state index in [1.165, 1.54) is 21.1 Å². The van der Waals surface area contributed by atoms with E-state index in [9.17, 15) is 14.4 Å².